The van der Waals surface area contributed by atoms with E-state index in [1.54, 1.807) is 18.2 Å². The van der Waals surface area contributed by atoms with Gasteiger partial charge in [0.25, 0.3) is 0 Å². The van der Waals surface area contributed by atoms with Crippen LogP contribution >= 0.6 is 0 Å². The van der Waals surface area contributed by atoms with Crippen LogP contribution in [-0.2, 0) is 16.1 Å². The summed E-state index contributed by atoms with van der Waals surface area (Å²) in [6.45, 7) is 3.50. The topological polar surface area (TPSA) is 74.6 Å². The van der Waals surface area contributed by atoms with E-state index in [1.165, 1.54) is 12.1 Å². The third kappa shape index (κ3) is 4.46. The molecule has 29 heavy (non-hydrogen) atoms. The van der Waals surface area contributed by atoms with Crippen LogP contribution in [0, 0.1) is 12.7 Å². The SMILES string of the molecule is Cc1cc2cc(NC(=O)CC3C(=O)NCCN3Cc3ccc(F)cc3)ccc2o1. The first-order chi connectivity index (χ1) is 14.0. The Kier molecular flexibility index (Phi) is 5.31. The molecule has 0 aliphatic carbocycles. The minimum atomic E-state index is -0.575. The first-order valence-corrected chi connectivity index (χ1v) is 9.54. The summed E-state index contributed by atoms with van der Waals surface area (Å²) < 4.78 is 18.7. The molecule has 1 aliphatic rings. The molecule has 6 nitrogen and oxygen atoms in total. The van der Waals surface area contributed by atoms with E-state index in [9.17, 15) is 14.0 Å². The fourth-order valence-corrected chi connectivity index (χ4v) is 3.64. The number of carbonyl (C=O) groups is 2. The van der Waals surface area contributed by atoms with E-state index in [0.717, 1.165) is 22.3 Å². The largest absolute Gasteiger partial charge is 0.461 e. The molecule has 2 N–H and O–H groups in total. The van der Waals surface area contributed by atoms with E-state index in [1.807, 2.05) is 30.0 Å². The van der Waals surface area contributed by atoms with Gasteiger partial charge >= 0.3 is 0 Å². The van der Waals surface area contributed by atoms with Crippen molar-refractivity contribution in [3.63, 3.8) is 0 Å². The van der Waals surface area contributed by atoms with Crippen LogP contribution in [0.15, 0.2) is 52.9 Å². The van der Waals surface area contributed by atoms with Crippen molar-refractivity contribution < 1.29 is 18.4 Å². The number of hydrogen-bond donors (Lipinski definition) is 2. The standard InChI is InChI=1S/C22H22FN3O3/c1-14-10-16-11-18(6-7-20(16)29-14)25-21(27)12-19-22(28)24-8-9-26(19)13-15-2-4-17(23)5-3-15/h2-7,10-11,19H,8-9,12-13H2,1H3,(H,24,28)(H,25,27). The van der Waals surface area contributed by atoms with Gasteiger partial charge in [-0.3, -0.25) is 14.5 Å². The second kappa shape index (κ2) is 8.05. The van der Waals surface area contributed by atoms with E-state index in [4.69, 9.17) is 4.42 Å². The predicted molar refractivity (Wildman–Crippen MR) is 108 cm³/mol. The molecule has 2 heterocycles. The minimum Gasteiger partial charge on any atom is -0.461 e. The zero-order valence-electron chi connectivity index (χ0n) is 16.1. The van der Waals surface area contributed by atoms with Gasteiger partial charge in [0.2, 0.25) is 11.8 Å². The van der Waals surface area contributed by atoms with Gasteiger partial charge in [0.15, 0.2) is 0 Å². The molecule has 0 bridgehead atoms. The zero-order valence-corrected chi connectivity index (χ0v) is 16.1. The third-order valence-corrected chi connectivity index (χ3v) is 5.04. The Hall–Kier alpha value is -3.19. The van der Waals surface area contributed by atoms with Gasteiger partial charge in [0.1, 0.15) is 17.2 Å². The maximum atomic E-state index is 13.1. The van der Waals surface area contributed by atoms with Crippen LogP contribution in [0.25, 0.3) is 11.0 Å². The molecule has 1 saturated heterocycles. The smallest absolute Gasteiger partial charge is 0.237 e. The van der Waals surface area contributed by atoms with Crippen molar-refractivity contribution in [2.24, 2.45) is 0 Å². The summed E-state index contributed by atoms with van der Waals surface area (Å²) in [4.78, 5) is 27.0. The summed E-state index contributed by atoms with van der Waals surface area (Å²) in [5.74, 6) is 0.0924. The average Bonchev–Trinajstić information content (AvgIpc) is 3.05. The molecule has 1 unspecified atom stereocenters. The molecule has 7 heteroatoms. The average molecular weight is 395 g/mol. The molecular weight excluding hydrogens is 373 g/mol. The molecule has 4 rings (SSSR count). The minimum absolute atomic E-state index is 0.0372. The lowest BCUT2D eigenvalue weighted by atomic mass is 10.1. The number of furan rings is 1. The number of nitrogens with zero attached hydrogens (tertiary/aromatic N) is 1. The summed E-state index contributed by atoms with van der Waals surface area (Å²) in [7, 11) is 0. The summed E-state index contributed by atoms with van der Waals surface area (Å²) >= 11 is 0. The van der Waals surface area contributed by atoms with Crippen molar-refractivity contribution in [1.29, 1.82) is 0 Å². The number of amides is 2. The Morgan fingerprint density at radius 2 is 2.03 bits per heavy atom. The molecule has 1 fully saturated rings. The fraction of sp³-hybridized carbons (Fsp3) is 0.273. The van der Waals surface area contributed by atoms with E-state index >= 15 is 0 Å². The van der Waals surface area contributed by atoms with Crippen molar-refractivity contribution in [3.05, 3.63) is 65.7 Å². The number of hydrogen-bond acceptors (Lipinski definition) is 4. The quantitative estimate of drug-likeness (QED) is 0.696. The number of fused-ring (bicyclic) bond motifs is 1. The van der Waals surface area contributed by atoms with Gasteiger partial charge in [0.05, 0.1) is 12.5 Å². The molecule has 2 amide bonds. The van der Waals surface area contributed by atoms with Gasteiger partial charge in [-0.2, -0.15) is 0 Å². The summed E-state index contributed by atoms with van der Waals surface area (Å²) in [6.07, 6.45) is 0.0372. The molecule has 1 atom stereocenters. The van der Waals surface area contributed by atoms with Crippen LogP contribution in [0.2, 0.25) is 0 Å². The highest BCUT2D eigenvalue weighted by molar-refractivity contribution is 5.97. The monoisotopic (exact) mass is 395 g/mol. The zero-order chi connectivity index (χ0) is 20.4. The van der Waals surface area contributed by atoms with Gasteiger partial charge in [-0.05, 0) is 48.9 Å². The molecule has 0 saturated carbocycles. The highest BCUT2D eigenvalue weighted by atomic mass is 19.1. The summed E-state index contributed by atoms with van der Waals surface area (Å²) in [5.41, 5.74) is 2.31. The van der Waals surface area contributed by atoms with Crippen LogP contribution in [0.3, 0.4) is 0 Å². The number of piperazine rings is 1. The molecule has 1 aromatic heterocycles. The first kappa shape index (κ1) is 19.1. The van der Waals surface area contributed by atoms with E-state index in [2.05, 4.69) is 10.6 Å². The van der Waals surface area contributed by atoms with Crippen LogP contribution in [0.5, 0.6) is 0 Å². The van der Waals surface area contributed by atoms with Crippen molar-refractivity contribution >= 4 is 28.5 Å². The van der Waals surface area contributed by atoms with Gasteiger partial charge < -0.3 is 15.1 Å². The highest BCUT2D eigenvalue weighted by Crippen LogP contribution is 2.23. The van der Waals surface area contributed by atoms with Gasteiger partial charge in [-0.1, -0.05) is 12.1 Å². The van der Waals surface area contributed by atoms with Crippen LogP contribution in [0.1, 0.15) is 17.7 Å². The Morgan fingerprint density at radius 3 is 2.83 bits per heavy atom. The van der Waals surface area contributed by atoms with E-state index in [-0.39, 0.29) is 24.1 Å². The molecule has 2 aromatic carbocycles. The second-order valence-corrected chi connectivity index (χ2v) is 7.27. The lowest BCUT2D eigenvalue weighted by Gasteiger charge is -2.34. The molecule has 150 valence electrons. The molecule has 1 aliphatic heterocycles. The fourth-order valence-electron chi connectivity index (χ4n) is 3.64. The van der Waals surface area contributed by atoms with Gasteiger partial charge in [-0.15, -0.1) is 0 Å². The highest BCUT2D eigenvalue weighted by Gasteiger charge is 2.31. The number of aryl methyl sites for hydroxylation is 1. The first-order valence-electron chi connectivity index (χ1n) is 9.54. The molecule has 0 radical (unpaired) electrons. The van der Waals surface area contributed by atoms with Crippen LogP contribution in [0.4, 0.5) is 10.1 Å². The lowest BCUT2D eigenvalue weighted by Crippen LogP contribution is -2.55. The van der Waals surface area contributed by atoms with Crippen LogP contribution in [-0.4, -0.2) is 35.8 Å². The van der Waals surface area contributed by atoms with Crippen molar-refractivity contribution in [3.8, 4) is 0 Å². The number of anilines is 1. The maximum absolute atomic E-state index is 13.1. The van der Waals surface area contributed by atoms with Crippen molar-refractivity contribution in [1.82, 2.24) is 10.2 Å². The Labute approximate surface area is 167 Å². The van der Waals surface area contributed by atoms with Crippen molar-refractivity contribution in [2.45, 2.75) is 25.9 Å². The number of nitrogens with one attached hydrogen (secondary N) is 2. The third-order valence-electron chi connectivity index (χ3n) is 5.04. The van der Waals surface area contributed by atoms with Crippen molar-refractivity contribution in [2.75, 3.05) is 18.4 Å². The molecule has 3 aromatic rings. The Balaban J connectivity index is 1.44. The van der Waals surface area contributed by atoms with E-state index in [0.29, 0.717) is 25.3 Å². The summed E-state index contributed by atoms with van der Waals surface area (Å²) in [5, 5.41) is 6.60. The van der Waals surface area contributed by atoms with Gasteiger partial charge in [-0.25, -0.2) is 4.39 Å². The van der Waals surface area contributed by atoms with Gasteiger partial charge in [0, 0.05) is 30.7 Å². The lowest BCUT2D eigenvalue weighted by molar-refractivity contribution is -0.132. The van der Waals surface area contributed by atoms with E-state index < -0.39 is 6.04 Å². The maximum Gasteiger partial charge on any atom is 0.237 e. The second-order valence-electron chi connectivity index (χ2n) is 7.27. The predicted octanol–water partition coefficient (Wildman–Crippen LogP) is 3.21. The number of halogens is 1. The number of rotatable bonds is 5. The molecule has 0 spiro atoms. The molecular formula is C22H22FN3O3. The Morgan fingerprint density at radius 1 is 1.24 bits per heavy atom. The normalized spacial score (nSPS) is 17.3. The number of carbonyl (C=O) groups excluding carboxylic acids is 2. The van der Waals surface area contributed by atoms with Crippen LogP contribution < -0.4 is 10.6 Å². The number of benzene rings is 2. The summed E-state index contributed by atoms with van der Waals surface area (Å²) in [6, 6.07) is 13.0. The Bertz CT molecular complexity index is 1050.